The Morgan fingerprint density at radius 2 is 1.71 bits per heavy atom. The molecule has 0 fully saturated rings. The first-order valence-corrected chi connectivity index (χ1v) is 6.46. The number of hydrogen-bond acceptors (Lipinski definition) is 3. The fraction of sp³-hybridized carbons (Fsp3) is 0.125. The Morgan fingerprint density at radius 3 is 2.48 bits per heavy atom. The van der Waals surface area contributed by atoms with Crippen LogP contribution in [0.4, 0.5) is 8.78 Å². The van der Waals surface area contributed by atoms with Crippen molar-refractivity contribution in [2.24, 2.45) is 0 Å². The highest BCUT2D eigenvalue weighted by atomic mass is 19.1. The lowest BCUT2D eigenvalue weighted by Gasteiger charge is -2.12. The summed E-state index contributed by atoms with van der Waals surface area (Å²) >= 11 is 0. The topological polar surface area (TPSA) is 46.0 Å². The van der Waals surface area contributed by atoms with Gasteiger partial charge in [-0.1, -0.05) is 12.1 Å². The largest absolute Gasteiger partial charge is 0.388 e. The summed E-state index contributed by atoms with van der Waals surface area (Å²) in [6.45, 7) is 0. The van der Waals surface area contributed by atoms with Crippen molar-refractivity contribution in [3.63, 3.8) is 0 Å². The maximum absolute atomic E-state index is 13.6. The highest BCUT2D eigenvalue weighted by molar-refractivity contribution is 5.74. The van der Waals surface area contributed by atoms with Crippen molar-refractivity contribution in [2.45, 2.75) is 12.5 Å². The van der Waals surface area contributed by atoms with Crippen molar-refractivity contribution in [2.75, 3.05) is 0 Å². The standard InChI is InChI=1S/C16H12F2N2O/c17-12-3-1-10(13(18)9-12)8-16(21)11-2-4-14-15(7-11)20-6-5-19-14/h1-7,9,16,21H,8H2. The molecule has 0 radical (unpaired) electrons. The van der Waals surface area contributed by atoms with Crippen molar-refractivity contribution in [1.29, 1.82) is 0 Å². The molecule has 3 rings (SSSR count). The minimum Gasteiger partial charge on any atom is -0.388 e. The number of aliphatic hydroxyl groups is 1. The highest BCUT2D eigenvalue weighted by Gasteiger charge is 2.13. The van der Waals surface area contributed by atoms with E-state index in [9.17, 15) is 13.9 Å². The van der Waals surface area contributed by atoms with Crippen molar-refractivity contribution < 1.29 is 13.9 Å². The predicted molar refractivity (Wildman–Crippen MR) is 74.6 cm³/mol. The molecule has 0 aliphatic rings. The van der Waals surface area contributed by atoms with Gasteiger partial charge in [-0.15, -0.1) is 0 Å². The Hall–Kier alpha value is -2.40. The fourth-order valence-corrected chi connectivity index (χ4v) is 2.20. The molecule has 3 nitrogen and oxygen atoms in total. The van der Waals surface area contributed by atoms with Gasteiger partial charge in [-0.2, -0.15) is 0 Å². The van der Waals surface area contributed by atoms with Gasteiger partial charge in [-0.25, -0.2) is 8.78 Å². The summed E-state index contributed by atoms with van der Waals surface area (Å²) in [5, 5.41) is 10.2. The zero-order valence-electron chi connectivity index (χ0n) is 11.0. The summed E-state index contributed by atoms with van der Waals surface area (Å²) in [6, 6.07) is 8.53. The van der Waals surface area contributed by atoms with Gasteiger partial charge < -0.3 is 5.11 Å². The number of benzene rings is 2. The van der Waals surface area contributed by atoms with Crippen LogP contribution in [0.2, 0.25) is 0 Å². The van der Waals surface area contributed by atoms with E-state index in [4.69, 9.17) is 0 Å². The van der Waals surface area contributed by atoms with E-state index in [0.717, 1.165) is 11.6 Å². The molecule has 106 valence electrons. The molecule has 0 saturated carbocycles. The van der Waals surface area contributed by atoms with E-state index in [1.54, 1.807) is 30.6 Å². The van der Waals surface area contributed by atoms with Gasteiger partial charge in [0.1, 0.15) is 11.6 Å². The van der Waals surface area contributed by atoms with Crippen LogP contribution in [-0.2, 0) is 6.42 Å². The van der Waals surface area contributed by atoms with E-state index in [2.05, 4.69) is 9.97 Å². The van der Waals surface area contributed by atoms with Crippen molar-refractivity contribution in [1.82, 2.24) is 9.97 Å². The summed E-state index contributed by atoms with van der Waals surface area (Å²) in [5.41, 5.74) is 2.27. The first-order valence-electron chi connectivity index (χ1n) is 6.46. The van der Waals surface area contributed by atoms with Gasteiger partial charge in [0.2, 0.25) is 0 Å². The molecule has 5 heteroatoms. The summed E-state index contributed by atoms with van der Waals surface area (Å²) in [5.74, 6) is -1.29. The third-order valence-electron chi connectivity index (χ3n) is 3.31. The molecular weight excluding hydrogens is 274 g/mol. The maximum Gasteiger partial charge on any atom is 0.129 e. The molecule has 1 atom stereocenters. The van der Waals surface area contributed by atoms with Gasteiger partial charge >= 0.3 is 0 Å². The SMILES string of the molecule is OC(Cc1ccc(F)cc1F)c1ccc2nccnc2c1. The predicted octanol–water partition coefficient (Wildman–Crippen LogP) is 3.18. The molecule has 2 aromatic carbocycles. The Balaban J connectivity index is 1.87. The Kier molecular flexibility index (Phi) is 3.58. The minimum atomic E-state index is -0.892. The quantitative estimate of drug-likeness (QED) is 0.804. The smallest absolute Gasteiger partial charge is 0.129 e. The molecule has 0 bridgehead atoms. The molecule has 1 N–H and O–H groups in total. The number of rotatable bonds is 3. The van der Waals surface area contributed by atoms with E-state index < -0.39 is 17.7 Å². The number of halogens is 2. The maximum atomic E-state index is 13.6. The number of aromatic nitrogens is 2. The van der Waals surface area contributed by atoms with Crippen LogP contribution in [0.15, 0.2) is 48.8 Å². The van der Waals surface area contributed by atoms with Gasteiger partial charge in [0.15, 0.2) is 0 Å². The van der Waals surface area contributed by atoms with Crippen LogP contribution < -0.4 is 0 Å². The second-order valence-electron chi connectivity index (χ2n) is 4.76. The van der Waals surface area contributed by atoms with Crippen LogP contribution in [0.1, 0.15) is 17.2 Å². The van der Waals surface area contributed by atoms with Crippen molar-refractivity contribution in [3.05, 3.63) is 71.6 Å². The fourth-order valence-electron chi connectivity index (χ4n) is 2.20. The Morgan fingerprint density at radius 1 is 0.952 bits per heavy atom. The summed E-state index contributed by atoms with van der Waals surface area (Å²) in [7, 11) is 0. The zero-order chi connectivity index (χ0) is 14.8. The normalized spacial score (nSPS) is 12.5. The van der Waals surface area contributed by atoms with E-state index in [1.165, 1.54) is 12.1 Å². The number of hydrogen-bond donors (Lipinski definition) is 1. The van der Waals surface area contributed by atoms with Crippen molar-refractivity contribution >= 4 is 11.0 Å². The lowest BCUT2D eigenvalue weighted by Crippen LogP contribution is -2.04. The van der Waals surface area contributed by atoms with Gasteiger partial charge in [-0.3, -0.25) is 9.97 Å². The van der Waals surface area contributed by atoms with Crippen LogP contribution in [0.5, 0.6) is 0 Å². The highest BCUT2D eigenvalue weighted by Crippen LogP contribution is 2.22. The van der Waals surface area contributed by atoms with Crippen molar-refractivity contribution in [3.8, 4) is 0 Å². The second kappa shape index (κ2) is 5.54. The molecular formula is C16H12F2N2O. The summed E-state index contributed by atoms with van der Waals surface area (Å²) in [4.78, 5) is 8.31. The lowest BCUT2D eigenvalue weighted by atomic mass is 10.0. The second-order valence-corrected chi connectivity index (χ2v) is 4.76. The monoisotopic (exact) mass is 286 g/mol. The Labute approximate surface area is 119 Å². The van der Waals surface area contributed by atoms with Gasteiger partial charge in [0, 0.05) is 24.9 Å². The molecule has 1 aromatic heterocycles. The first-order chi connectivity index (χ1) is 10.1. The number of fused-ring (bicyclic) bond motifs is 1. The molecule has 0 saturated heterocycles. The molecule has 0 aliphatic carbocycles. The molecule has 1 heterocycles. The van der Waals surface area contributed by atoms with Crippen LogP contribution in [-0.4, -0.2) is 15.1 Å². The number of nitrogens with zero attached hydrogens (tertiary/aromatic N) is 2. The van der Waals surface area contributed by atoms with Crippen LogP contribution in [0.3, 0.4) is 0 Å². The minimum absolute atomic E-state index is 0.0673. The average molecular weight is 286 g/mol. The molecule has 0 aliphatic heterocycles. The molecule has 21 heavy (non-hydrogen) atoms. The molecule has 1 unspecified atom stereocenters. The van der Waals surface area contributed by atoms with E-state index in [1.807, 2.05) is 0 Å². The van der Waals surface area contributed by atoms with E-state index in [0.29, 0.717) is 11.1 Å². The number of aliphatic hydroxyl groups excluding tert-OH is 1. The van der Waals surface area contributed by atoms with E-state index in [-0.39, 0.29) is 12.0 Å². The van der Waals surface area contributed by atoms with Gasteiger partial charge in [0.25, 0.3) is 0 Å². The van der Waals surface area contributed by atoms with Crippen LogP contribution >= 0.6 is 0 Å². The third kappa shape index (κ3) is 2.87. The third-order valence-corrected chi connectivity index (χ3v) is 3.31. The molecule has 3 aromatic rings. The van der Waals surface area contributed by atoms with Crippen LogP contribution in [0, 0.1) is 11.6 Å². The molecule has 0 amide bonds. The lowest BCUT2D eigenvalue weighted by molar-refractivity contribution is 0.177. The van der Waals surface area contributed by atoms with Gasteiger partial charge in [0.05, 0.1) is 17.1 Å². The van der Waals surface area contributed by atoms with Crippen LogP contribution in [0.25, 0.3) is 11.0 Å². The summed E-state index contributed by atoms with van der Waals surface area (Å²) in [6.07, 6.45) is 2.33. The Bertz CT molecular complexity index is 792. The average Bonchev–Trinajstić information content (AvgIpc) is 2.49. The van der Waals surface area contributed by atoms with Gasteiger partial charge in [-0.05, 0) is 29.3 Å². The molecule has 0 spiro atoms. The zero-order valence-corrected chi connectivity index (χ0v) is 11.0. The van der Waals surface area contributed by atoms with E-state index >= 15 is 0 Å². The first kappa shape index (κ1) is 13.6. The summed E-state index contributed by atoms with van der Waals surface area (Å²) < 4.78 is 26.5.